The van der Waals surface area contributed by atoms with Crippen LogP contribution in [0.15, 0.2) is 35.9 Å². The first-order chi connectivity index (χ1) is 16.9. The maximum absolute atomic E-state index is 13.6. The molecule has 0 aliphatic carbocycles. The van der Waals surface area contributed by atoms with Crippen LogP contribution in [0.4, 0.5) is 0 Å². The number of carbonyl (C=O) groups excluding carboxylic acids is 2. The summed E-state index contributed by atoms with van der Waals surface area (Å²) in [4.78, 5) is 33.9. The van der Waals surface area contributed by atoms with E-state index in [0.29, 0.717) is 55.2 Å². The van der Waals surface area contributed by atoms with E-state index in [1.807, 2.05) is 6.07 Å². The molecule has 3 fully saturated rings. The van der Waals surface area contributed by atoms with Crippen molar-refractivity contribution in [1.29, 1.82) is 0 Å². The number of nitrogens with zero attached hydrogens (tertiary/aromatic N) is 7. The molecular formula is C23H27N7O5. The number of ether oxygens (including phenoxy) is 2. The van der Waals surface area contributed by atoms with Gasteiger partial charge in [-0.2, -0.15) is 4.68 Å². The van der Waals surface area contributed by atoms with Gasteiger partial charge in [0.05, 0.1) is 24.0 Å². The Kier molecular flexibility index (Phi) is 5.38. The summed E-state index contributed by atoms with van der Waals surface area (Å²) in [6, 6.07) is 3.87. The smallest absolute Gasteiger partial charge is 0.336 e. The molecule has 12 heteroatoms. The van der Waals surface area contributed by atoms with Crippen molar-refractivity contribution in [3.63, 3.8) is 0 Å². The molecule has 1 amide bonds. The second kappa shape index (κ2) is 8.47. The third kappa shape index (κ3) is 3.72. The maximum atomic E-state index is 13.6. The molecule has 35 heavy (non-hydrogen) atoms. The van der Waals surface area contributed by atoms with Crippen molar-refractivity contribution in [2.24, 2.45) is 0 Å². The van der Waals surface area contributed by atoms with E-state index in [0.717, 1.165) is 12.8 Å². The Morgan fingerprint density at radius 1 is 1.23 bits per heavy atom. The van der Waals surface area contributed by atoms with Crippen LogP contribution in [0.3, 0.4) is 0 Å². The summed E-state index contributed by atoms with van der Waals surface area (Å²) < 4.78 is 12.8. The van der Waals surface area contributed by atoms with Gasteiger partial charge in [-0.05, 0) is 36.3 Å². The Morgan fingerprint density at radius 3 is 2.66 bits per heavy atom. The first-order valence-electron chi connectivity index (χ1n) is 11.9. The van der Waals surface area contributed by atoms with Crippen molar-refractivity contribution in [2.75, 3.05) is 26.3 Å². The average Bonchev–Trinajstić information content (AvgIpc) is 3.57. The number of tetrazole rings is 1. The number of esters is 1. The van der Waals surface area contributed by atoms with Crippen molar-refractivity contribution in [3.05, 3.63) is 41.5 Å². The molecule has 3 saturated heterocycles. The lowest BCUT2D eigenvalue weighted by Gasteiger charge is -2.49. The first-order valence-corrected chi connectivity index (χ1v) is 11.9. The molecule has 2 aromatic heterocycles. The van der Waals surface area contributed by atoms with Crippen LogP contribution in [0.25, 0.3) is 5.82 Å². The molecule has 0 radical (unpaired) electrons. The molecule has 6 rings (SSSR count). The van der Waals surface area contributed by atoms with Crippen molar-refractivity contribution < 1.29 is 24.2 Å². The first kappa shape index (κ1) is 22.3. The monoisotopic (exact) mass is 481 g/mol. The van der Waals surface area contributed by atoms with Gasteiger partial charge >= 0.3 is 5.97 Å². The van der Waals surface area contributed by atoms with E-state index in [4.69, 9.17) is 9.47 Å². The summed E-state index contributed by atoms with van der Waals surface area (Å²) in [6.07, 6.45) is 5.45. The third-order valence-electron chi connectivity index (χ3n) is 7.76. The largest absolute Gasteiger partial charge is 0.456 e. The van der Waals surface area contributed by atoms with Gasteiger partial charge in [0.2, 0.25) is 0 Å². The summed E-state index contributed by atoms with van der Waals surface area (Å²) in [6.45, 7) is 3.16. The number of fused-ring (bicyclic) bond motifs is 2. The quantitative estimate of drug-likeness (QED) is 0.588. The minimum atomic E-state index is -0.889. The van der Waals surface area contributed by atoms with Crippen LogP contribution in [0.5, 0.6) is 0 Å². The fourth-order valence-electron chi connectivity index (χ4n) is 5.94. The van der Waals surface area contributed by atoms with Crippen molar-refractivity contribution in [3.8, 4) is 5.82 Å². The summed E-state index contributed by atoms with van der Waals surface area (Å²) in [5.74, 6) is 0.136. The molecule has 6 heterocycles. The van der Waals surface area contributed by atoms with E-state index >= 15 is 0 Å². The lowest BCUT2D eigenvalue weighted by molar-refractivity contribution is -0.182. The van der Waals surface area contributed by atoms with Crippen LogP contribution in [-0.2, 0) is 19.1 Å². The number of morpholine rings is 1. The van der Waals surface area contributed by atoms with E-state index in [2.05, 4.69) is 25.4 Å². The highest BCUT2D eigenvalue weighted by atomic mass is 16.5. The van der Waals surface area contributed by atoms with E-state index in [1.54, 1.807) is 24.1 Å². The van der Waals surface area contributed by atoms with E-state index in [-0.39, 0.29) is 30.6 Å². The number of rotatable bonds is 5. The molecule has 1 unspecified atom stereocenters. The second-order valence-electron chi connectivity index (χ2n) is 9.66. The topological polar surface area (TPSA) is 136 Å². The normalized spacial score (nSPS) is 29.8. The zero-order valence-corrected chi connectivity index (χ0v) is 19.4. The highest BCUT2D eigenvalue weighted by Gasteiger charge is 2.56. The molecule has 4 aliphatic heterocycles. The Morgan fingerprint density at radius 2 is 2.03 bits per heavy atom. The minimum Gasteiger partial charge on any atom is -0.456 e. The number of carbonyl (C=O) groups is 2. The van der Waals surface area contributed by atoms with Gasteiger partial charge in [-0.25, -0.2) is 9.78 Å². The molecule has 1 N–H and O–H groups in total. The third-order valence-corrected chi connectivity index (χ3v) is 7.76. The lowest BCUT2D eigenvalue weighted by atomic mass is 9.83. The van der Waals surface area contributed by atoms with Crippen LogP contribution < -0.4 is 0 Å². The van der Waals surface area contributed by atoms with E-state index in [9.17, 15) is 14.7 Å². The van der Waals surface area contributed by atoms with Gasteiger partial charge in [-0.3, -0.25) is 9.69 Å². The number of cyclic esters (lactones) is 1. The van der Waals surface area contributed by atoms with Crippen molar-refractivity contribution in [2.45, 2.75) is 56.4 Å². The minimum absolute atomic E-state index is 0.0733. The van der Waals surface area contributed by atoms with Crippen LogP contribution in [-0.4, -0.2) is 96.0 Å². The molecule has 4 aliphatic rings. The number of amides is 1. The predicted octanol–water partition coefficient (Wildman–Crippen LogP) is 0.146. The Labute approximate surface area is 201 Å². The van der Waals surface area contributed by atoms with Crippen molar-refractivity contribution in [1.82, 2.24) is 35.0 Å². The fourth-order valence-corrected chi connectivity index (χ4v) is 5.94. The number of hydrogen-bond acceptors (Lipinski definition) is 10. The predicted molar refractivity (Wildman–Crippen MR) is 119 cm³/mol. The standard InChI is InChI=1S/C23H27N7O5/c1-14-18(12-34-21(14)32)28-6-7-35-23(22(28)33)8-16-3-4-17(9-23)29(16)11-19(31)15-2-5-20(24-10-15)30-13-25-26-27-30/h2,5,10,13,16-17,19,31H,3-4,6-9,11-12H2,1H3/t16-,17+,19-,23?/m0/s1. The van der Waals surface area contributed by atoms with Gasteiger partial charge in [0.1, 0.15) is 18.5 Å². The zero-order valence-electron chi connectivity index (χ0n) is 19.4. The summed E-state index contributed by atoms with van der Waals surface area (Å²) in [5, 5.41) is 22.0. The van der Waals surface area contributed by atoms with Gasteiger partial charge in [0, 0.05) is 49.8 Å². The van der Waals surface area contributed by atoms with Crippen molar-refractivity contribution >= 4 is 11.9 Å². The molecule has 12 nitrogen and oxygen atoms in total. The number of aromatic nitrogens is 5. The van der Waals surface area contributed by atoms with Gasteiger partial charge in [-0.15, -0.1) is 5.10 Å². The van der Waals surface area contributed by atoms with E-state index in [1.165, 1.54) is 11.0 Å². The summed E-state index contributed by atoms with van der Waals surface area (Å²) in [5.41, 5.74) is 0.981. The Bertz CT molecular complexity index is 1150. The average molecular weight is 482 g/mol. The van der Waals surface area contributed by atoms with Gasteiger partial charge in [0.15, 0.2) is 5.82 Å². The lowest BCUT2D eigenvalue weighted by Crippen LogP contribution is -2.63. The van der Waals surface area contributed by atoms with Crippen LogP contribution in [0, 0.1) is 0 Å². The zero-order chi connectivity index (χ0) is 24.2. The number of aliphatic hydroxyl groups excluding tert-OH is 1. The molecule has 2 aromatic rings. The molecule has 1 spiro atoms. The number of aliphatic hydroxyl groups is 1. The Balaban J connectivity index is 1.16. The summed E-state index contributed by atoms with van der Waals surface area (Å²) >= 11 is 0. The Hall–Kier alpha value is -3.22. The maximum Gasteiger partial charge on any atom is 0.336 e. The highest BCUT2D eigenvalue weighted by molar-refractivity contribution is 5.94. The van der Waals surface area contributed by atoms with Crippen LogP contribution in [0.1, 0.15) is 44.3 Å². The summed E-state index contributed by atoms with van der Waals surface area (Å²) in [7, 11) is 0. The van der Waals surface area contributed by atoms with Gasteiger partial charge in [0.25, 0.3) is 5.91 Å². The number of hydrogen-bond donors (Lipinski definition) is 1. The van der Waals surface area contributed by atoms with E-state index < -0.39 is 11.7 Å². The number of pyridine rings is 1. The molecule has 4 atom stereocenters. The van der Waals surface area contributed by atoms with Crippen LogP contribution in [0.2, 0.25) is 0 Å². The molecule has 0 aromatic carbocycles. The molecule has 2 bridgehead atoms. The van der Waals surface area contributed by atoms with Crippen LogP contribution >= 0.6 is 0 Å². The number of piperidine rings is 1. The van der Waals surface area contributed by atoms with Gasteiger partial charge < -0.3 is 19.5 Å². The second-order valence-corrected chi connectivity index (χ2v) is 9.66. The van der Waals surface area contributed by atoms with Gasteiger partial charge in [-0.1, -0.05) is 6.07 Å². The molecular weight excluding hydrogens is 454 g/mol. The molecule has 0 saturated carbocycles. The fraction of sp³-hybridized carbons (Fsp3) is 0.565. The SMILES string of the molecule is CC1=C(N2CCOC3(C[C@H]4CC[C@@H](C3)N4C[C@H](O)c3ccc(-n4cnnn4)nc3)C2=O)COC1=O. The molecule has 184 valence electrons. The highest BCUT2D eigenvalue weighted by Crippen LogP contribution is 2.46.